The van der Waals surface area contributed by atoms with Crippen LogP contribution in [0.25, 0.3) is 0 Å². The van der Waals surface area contributed by atoms with Crippen molar-refractivity contribution < 1.29 is 44.2 Å². The van der Waals surface area contributed by atoms with Gasteiger partial charge in [0.25, 0.3) is 0 Å². The molecule has 0 aromatic heterocycles. The van der Waals surface area contributed by atoms with Gasteiger partial charge in [-0.3, -0.25) is 0 Å². The first kappa shape index (κ1) is 25.5. The minimum atomic E-state index is -1.60. The Morgan fingerprint density at radius 1 is 1.03 bits per heavy atom. The van der Waals surface area contributed by atoms with Crippen molar-refractivity contribution in [1.29, 1.82) is 0 Å². The fraction of sp³-hybridized carbons (Fsp3) is 0.682. The molecule has 0 bridgehead atoms. The third-order valence-electron chi connectivity index (χ3n) is 5.20. The van der Waals surface area contributed by atoms with Gasteiger partial charge in [0.1, 0.15) is 30.2 Å². The van der Waals surface area contributed by atoms with Crippen molar-refractivity contribution in [3.8, 4) is 5.75 Å². The maximum atomic E-state index is 12.5. The lowest BCUT2D eigenvalue weighted by molar-refractivity contribution is -0.331. The van der Waals surface area contributed by atoms with Gasteiger partial charge in [0.2, 0.25) is 6.29 Å². The summed E-state index contributed by atoms with van der Waals surface area (Å²) in [6.45, 7) is 9.07. The van der Waals surface area contributed by atoms with Crippen LogP contribution in [0.5, 0.6) is 5.75 Å². The number of hydrogen-bond acceptors (Lipinski definition) is 9. The molecule has 1 heterocycles. The molecular formula is C22H34O9. The summed E-state index contributed by atoms with van der Waals surface area (Å²) < 4.78 is 21.6. The van der Waals surface area contributed by atoms with Crippen LogP contribution in [0.15, 0.2) is 18.2 Å². The molecule has 1 aromatic rings. The average molecular weight is 443 g/mol. The van der Waals surface area contributed by atoms with Crippen molar-refractivity contribution in [1.82, 2.24) is 0 Å². The number of benzene rings is 1. The van der Waals surface area contributed by atoms with Gasteiger partial charge in [0.15, 0.2) is 6.29 Å². The Hall–Kier alpha value is -1.75. The Labute approximate surface area is 182 Å². The van der Waals surface area contributed by atoms with Crippen molar-refractivity contribution in [2.45, 2.75) is 89.9 Å². The van der Waals surface area contributed by atoms with Crippen molar-refractivity contribution in [3.63, 3.8) is 0 Å². The highest BCUT2D eigenvalue weighted by atomic mass is 16.8. The second-order valence-corrected chi connectivity index (χ2v) is 8.22. The number of carbonyl (C=O) groups excluding carboxylic acids is 1. The molecule has 9 nitrogen and oxygen atoms in total. The lowest BCUT2D eigenvalue weighted by Gasteiger charge is -2.40. The van der Waals surface area contributed by atoms with Crippen LogP contribution in [0, 0.1) is 0 Å². The number of aliphatic hydroxyl groups excluding tert-OH is 4. The second kappa shape index (κ2) is 11.2. The van der Waals surface area contributed by atoms with Crippen LogP contribution < -0.4 is 4.74 Å². The third kappa shape index (κ3) is 6.15. The topological polar surface area (TPSA) is 135 Å². The Balaban J connectivity index is 2.11. The fourth-order valence-corrected chi connectivity index (χ4v) is 3.35. The minimum absolute atomic E-state index is 0.119. The lowest BCUT2D eigenvalue weighted by atomic mass is 9.94. The summed E-state index contributed by atoms with van der Waals surface area (Å²) in [5.41, 5.74) is 1.73. The molecule has 31 heavy (non-hydrogen) atoms. The molecule has 1 saturated heterocycles. The van der Waals surface area contributed by atoms with Gasteiger partial charge in [-0.2, -0.15) is 0 Å². The predicted octanol–water partition coefficient (Wildman–Crippen LogP) is 2.00. The molecule has 0 spiro atoms. The monoisotopic (exact) mass is 442 g/mol. The summed E-state index contributed by atoms with van der Waals surface area (Å²) in [5, 5.41) is 39.2. The van der Waals surface area contributed by atoms with E-state index in [2.05, 4.69) is 0 Å². The van der Waals surface area contributed by atoms with Crippen LogP contribution in [0.2, 0.25) is 0 Å². The Kier molecular flexibility index (Phi) is 9.23. The Morgan fingerprint density at radius 3 is 2.10 bits per heavy atom. The zero-order valence-corrected chi connectivity index (χ0v) is 18.6. The van der Waals surface area contributed by atoms with E-state index in [1.54, 1.807) is 6.92 Å². The van der Waals surface area contributed by atoms with E-state index in [9.17, 15) is 25.2 Å². The molecule has 1 aliphatic heterocycles. The van der Waals surface area contributed by atoms with E-state index in [1.165, 1.54) is 0 Å². The summed E-state index contributed by atoms with van der Waals surface area (Å²) in [6.07, 6.45) is -9.16. The first-order chi connectivity index (χ1) is 14.6. The van der Waals surface area contributed by atoms with Gasteiger partial charge in [-0.05, 0) is 23.0 Å². The molecule has 2 rings (SSSR count). The smallest absolute Gasteiger partial charge is 0.404 e. The van der Waals surface area contributed by atoms with Crippen LogP contribution in [0.4, 0.5) is 4.79 Å². The highest BCUT2D eigenvalue weighted by molar-refractivity contribution is 5.66. The maximum absolute atomic E-state index is 12.5. The van der Waals surface area contributed by atoms with E-state index in [4.69, 9.17) is 18.9 Å². The summed E-state index contributed by atoms with van der Waals surface area (Å²) >= 11 is 0. The lowest BCUT2D eigenvalue weighted by Crippen LogP contribution is -2.59. The largest absolute Gasteiger partial charge is 0.516 e. The minimum Gasteiger partial charge on any atom is -0.404 e. The molecular weight excluding hydrogens is 408 g/mol. The molecule has 1 aromatic carbocycles. The van der Waals surface area contributed by atoms with Crippen LogP contribution in [0.3, 0.4) is 0 Å². The summed E-state index contributed by atoms with van der Waals surface area (Å²) in [5.74, 6) is 0.683. The van der Waals surface area contributed by atoms with Gasteiger partial charge >= 0.3 is 6.16 Å². The van der Waals surface area contributed by atoms with E-state index in [1.807, 2.05) is 45.9 Å². The molecule has 6 atom stereocenters. The Bertz CT molecular complexity index is 693. The molecule has 176 valence electrons. The van der Waals surface area contributed by atoms with E-state index in [0.29, 0.717) is 5.75 Å². The second-order valence-electron chi connectivity index (χ2n) is 8.22. The normalized spacial score (nSPS) is 27.4. The number of carbonyl (C=O) groups is 1. The van der Waals surface area contributed by atoms with Crippen molar-refractivity contribution in [3.05, 3.63) is 29.3 Å². The predicted molar refractivity (Wildman–Crippen MR) is 111 cm³/mol. The molecule has 0 aliphatic carbocycles. The quantitative estimate of drug-likeness (QED) is 0.271. The van der Waals surface area contributed by atoms with E-state index in [0.717, 1.165) is 11.1 Å². The van der Waals surface area contributed by atoms with Crippen LogP contribution >= 0.6 is 0 Å². The number of ether oxygens (including phenoxy) is 4. The summed E-state index contributed by atoms with van der Waals surface area (Å²) in [4.78, 5) is 12.5. The van der Waals surface area contributed by atoms with E-state index < -0.39 is 49.8 Å². The van der Waals surface area contributed by atoms with E-state index >= 15 is 0 Å². The average Bonchev–Trinajstić information content (AvgIpc) is 2.73. The van der Waals surface area contributed by atoms with Gasteiger partial charge < -0.3 is 39.4 Å². The molecule has 0 saturated carbocycles. The van der Waals surface area contributed by atoms with Crippen molar-refractivity contribution in [2.75, 3.05) is 6.61 Å². The van der Waals surface area contributed by atoms with E-state index in [-0.39, 0.29) is 18.3 Å². The number of hydrogen-bond donors (Lipinski definition) is 4. The molecule has 1 aliphatic rings. The zero-order valence-electron chi connectivity index (χ0n) is 18.6. The highest BCUT2D eigenvalue weighted by Gasteiger charge is 2.45. The molecule has 0 radical (unpaired) electrons. The van der Waals surface area contributed by atoms with Gasteiger partial charge in [0, 0.05) is 6.42 Å². The van der Waals surface area contributed by atoms with Gasteiger partial charge in [-0.15, -0.1) is 0 Å². The maximum Gasteiger partial charge on any atom is 0.516 e. The number of para-hydroxylation sites is 1. The third-order valence-corrected chi connectivity index (χ3v) is 5.20. The van der Waals surface area contributed by atoms with Crippen LogP contribution in [-0.4, -0.2) is 70.2 Å². The van der Waals surface area contributed by atoms with Gasteiger partial charge in [-0.1, -0.05) is 52.8 Å². The van der Waals surface area contributed by atoms with Gasteiger partial charge in [0.05, 0.1) is 6.61 Å². The van der Waals surface area contributed by atoms with Crippen molar-refractivity contribution in [2.24, 2.45) is 0 Å². The van der Waals surface area contributed by atoms with Crippen LogP contribution in [0.1, 0.15) is 64.0 Å². The summed E-state index contributed by atoms with van der Waals surface area (Å²) in [7, 11) is 0. The molecule has 9 heteroatoms. The number of rotatable bonds is 8. The highest BCUT2D eigenvalue weighted by Crippen LogP contribution is 2.35. The first-order valence-corrected chi connectivity index (χ1v) is 10.6. The molecule has 0 amide bonds. The first-order valence-electron chi connectivity index (χ1n) is 10.6. The number of aliphatic hydroxyl groups is 4. The molecule has 1 fully saturated rings. The SMILES string of the molecule is CCC(OC(=O)Oc1c(C(C)C)cccc1C(C)C)O[C@@H]1O[C@H](CO)[C@@H](O)[C@H](O)[C@H]1O. The fourth-order valence-electron chi connectivity index (χ4n) is 3.35. The van der Waals surface area contributed by atoms with Crippen molar-refractivity contribution >= 4 is 6.16 Å². The molecule has 1 unspecified atom stereocenters. The van der Waals surface area contributed by atoms with Crippen LogP contribution in [-0.2, 0) is 14.2 Å². The van der Waals surface area contributed by atoms with Gasteiger partial charge in [-0.25, -0.2) is 4.79 Å². The standard InChI is InChI=1S/C22H34O9/c1-6-16(29-21-19(26)18(25)17(24)15(10-23)28-21)30-22(27)31-20-13(11(2)3)8-7-9-14(20)12(4)5/h7-9,11-12,15-19,21,23-26H,6,10H2,1-5H3/t15-,16?,17-,18+,19-,21+/m1/s1. The zero-order chi connectivity index (χ0) is 23.3. The Morgan fingerprint density at radius 2 is 1.61 bits per heavy atom. The molecule has 4 N–H and O–H groups in total. The summed E-state index contributed by atoms with van der Waals surface area (Å²) in [6, 6.07) is 5.70.